The lowest BCUT2D eigenvalue weighted by Crippen LogP contribution is -2.33. The lowest BCUT2D eigenvalue weighted by molar-refractivity contribution is -0.139. The van der Waals surface area contributed by atoms with Crippen LogP contribution in [0.4, 0.5) is 13.2 Å². The summed E-state index contributed by atoms with van der Waals surface area (Å²) in [7, 11) is -2.92. The van der Waals surface area contributed by atoms with Gasteiger partial charge in [-0.05, 0) is 54.7 Å². The summed E-state index contributed by atoms with van der Waals surface area (Å²) in [6, 6.07) is 7.31. The van der Waals surface area contributed by atoms with E-state index in [1.54, 1.807) is 18.2 Å². The largest absolute Gasteiger partial charge is 0.482 e. The van der Waals surface area contributed by atoms with Gasteiger partial charge in [-0.1, -0.05) is 26.0 Å². The second-order valence-electron chi connectivity index (χ2n) is 8.29. The molecule has 11 heteroatoms. The molecule has 0 fully saturated rings. The number of rotatable bonds is 8. The van der Waals surface area contributed by atoms with Gasteiger partial charge in [0.25, 0.3) is 0 Å². The quantitative estimate of drug-likeness (QED) is 0.474. The maximum absolute atomic E-state index is 13.5. The van der Waals surface area contributed by atoms with Crippen LogP contribution < -0.4 is 4.74 Å². The molecule has 186 valence electrons. The molecule has 1 N–H and O–H groups in total. The first kappa shape index (κ1) is 26.4. The molecule has 1 aliphatic carbocycles. The van der Waals surface area contributed by atoms with Crippen molar-refractivity contribution in [3.63, 3.8) is 0 Å². The molecule has 2 aromatic carbocycles. The highest BCUT2D eigenvalue weighted by Crippen LogP contribution is 2.41. The Hall–Kier alpha value is -2.24. The smallest absolute Gasteiger partial charge is 0.416 e. The number of aliphatic carboxylic acids is 1. The van der Waals surface area contributed by atoms with Crippen molar-refractivity contribution >= 4 is 27.8 Å². The molecule has 0 bridgehead atoms. The van der Waals surface area contributed by atoms with Crippen molar-refractivity contribution in [2.75, 3.05) is 13.7 Å². The molecule has 0 amide bonds. The van der Waals surface area contributed by atoms with E-state index in [0.29, 0.717) is 42.2 Å². The van der Waals surface area contributed by atoms with Crippen LogP contribution in [-0.4, -0.2) is 42.7 Å². The van der Waals surface area contributed by atoms with E-state index in [9.17, 15) is 26.4 Å². The monoisotopic (exact) mass is 517 g/mol. The molecule has 0 heterocycles. The molecule has 0 saturated heterocycles. The molecule has 0 unspecified atom stereocenters. The minimum Gasteiger partial charge on any atom is -0.482 e. The highest BCUT2D eigenvalue weighted by molar-refractivity contribution is 8.00. The van der Waals surface area contributed by atoms with Gasteiger partial charge in [0.1, 0.15) is 5.75 Å². The Bertz CT molecular complexity index is 1170. The number of sulfonamides is 1. The fraction of sp³-hybridized carbons (Fsp3) is 0.435. The van der Waals surface area contributed by atoms with Gasteiger partial charge in [-0.2, -0.15) is 17.5 Å². The van der Waals surface area contributed by atoms with Crippen LogP contribution in [0.25, 0.3) is 0 Å². The van der Waals surface area contributed by atoms with Crippen molar-refractivity contribution in [2.24, 2.45) is 0 Å². The number of ether oxygens (including phenoxy) is 1. The summed E-state index contributed by atoms with van der Waals surface area (Å²) in [5.74, 6) is -0.769. The number of fused-ring (bicyclic) bond motifs is 1. The van der Waals surface area contributed by atoms with Gasteiger partial charge in [-0.25, -0.2) is 13.2 Å². The van der Waals surface area contributed by atoms with Gasteiger partial charge in [-0.15, -0.1) is 11.8 Å². The molecule has 0 spiro atoms. The highest BCUT2D eigenvalue weighted by Gasteiger charge is 2.36. The number of nitrogens with zero attached hydrogens (tertiary/aromatic N) is 1. The van der Waals surface area contributed by atoms with Gasteiger partial charge >= 0.3 is 12.1 Å². The SMILES string of the molecule is CC(C)Sc1cc(C(F)(F)F)cc(S(=O)(=O)N(C)[C@@H]2CCCc3c(OCC(=O)O)cccc32)c1. The third-order valence-electron chi connectivity index (χ3n) is 5.48. The van der Waals surface area contributed by atoms with E-state index in [0.717, 1.165) is 22.1 Å². The lowest BCUT2D eigenvalue weighted by Gasteiger charge is -2.33. The minimum absolute atomic E-state index is 0.0359. The summed E-state index contributed by atoms with van der Waals surface area (Å²) in [4.78, 5) is 10.7. The molecule has 0 aliphatic heterocycles. The summed E-state index contributed by atoms with van der Waals surface area (Å²) in [6.45, 7) is 3.10. The molecule has 34 heavy (non-hydrogen) atoms. The van der Waals surface area contributed by atoms with Crippen molar-refractivity contribution in [2.45, 2.75) is 60.4 Å². The van der Waals surface area contributed by atoms with Crippen LogP contribution in [-0.2, 0) is 27.4 Å². The van der Waals surface area contributed by atoms with E-state index >= 15 is 0 Å². The van der Waals surface area contributed by atoms with E-state index in [2.05, 4.69) is 0 Å². The molecule has 0 radical (unpaired) electrons. The van der Waals surface area contributed by atoms with Crippen LogP contribution in [0, 0.1) is 0 Å². The summed E-state index contributed by atoms with van der Waals surface area (Å²) < 4.78 is 74.1. The average molecular weight is 518 g/mol. The second kappa shape index (κ2) is 10.2. The number of halogens is 3. The molecule has 2 aromatic rings. The van der Waals surface area contributed by atoms with Gasteiger partial charge in [0.15, 0.2) is 6.61 Å². The lowest BCUT2D eigenvalue weighted by atomic mass is 9.87. The predicted octanol–water partition coefficient (Wildman–Crippen LogP) is 5.37. The highest BCUT2D eigenvalue weighted by atomic mass is 32.2. The molecule has 3 rings (SSSR count). The number of thioether (sulfide) groups is 1. The van der Waals surface area contributed by atoms with Crippen LogP contribution in [0.2, 0.25) is 0 Å². The summed E-state index contributed by atoms with van der Waals surface area (Å²) in [5.41, 5.74) is 0.352. The molecular weight excluding hydrogens is 491 g/mol. The molecule has 0 saturated carbocycles. The first-order valence-electron chi connectivity index (χ1n) is 10.6. The van der Waals surface area contributed by atoms with Gasteiger partial charge < -0.3 is 9.84 Å². The standard InChI is InChI=1S/C23H26F3NO5S2/c1-14(2)33-16-10-15(23(24,25)26)11-17(12-16)34(30,31)27(3)20-8-4-7-19-18(20)6-5-9-21(19)32-13-22(28)29/h5-6,9-12,14,20H,4,7-8,13H2,1-3H3,(H,28,29)/t20-/m1/s1. The number of hydrogen-bond acceptors (Lipinski definition) is 5. The number of hydrogen-bond donors (Lipinski definition) is 1. The normalized spacial score (nSPS) is 16.5. The Labute approximate surface area is 201 Å². The summed E-state index contributed by atoms with van der Waals surface area (Å²) in [6.07, 6.45) is -3.03. The Balaban J connectivity index is 2.02. The van der Waals surface area contributed by atoms with E-state index in [1.165, 1.54) is 13.1 Å². The zero-order valence-corrected chi connectivity index (χ0v) is 20.6. The van der Waals surface area contributed by atoms with Crippen molar-refractivity contribution in [3.8, 4) is 5.75 Å². The fourth-order valence-electron chi connectivity index (χ4n) is 4.00. The zero-order valence-electron chi connectivity index (χ0n) is 18.9. The predicted molar refractivity (Wildman–Crippen MR) is 123 cm³/mol. The third-order valence-corrected chi connectivity index (χ3v) is 8.30. The average Bonchev–Trinajstić information content (AvgIpc) is 2.75. The van der Waals surface area contributed by atoms with Crippen molar-refractivity contribution in [1.29, 1.82) is 0 Å². The number of alkyl halides is 3. The van der Waals surface area contributed by atoms with Crippen LogP contribution in [0.3, 0.4) is 0 Å². The maximum Gasteiger partial charge on any atom is 0.416 e. The number of carboxylic acid groups (broad SMARTS) is 1. The number of carboxylic acids is 1. The Morgan fingerprint density at radius 3 is 2.59 bits per heavy atom. The van der Waals surface area contributed by atoms with Gasteiger partial charge in [0.05, 0.1) is 16.5 Å². The van der Waals surface area contributed by atoms with Crippen molar-refractivity contribution < 1.29 is 36.2 Å². The van der Waals surface area contributed by atoms with Crippen LogP contribution in [0.15, 0.2) is 46.2 Å². The molecular formula is C23H26F3NO5S2. The second-order valence-corrected chi connectivity index (χ2v) is 11.9. The van der Waals surface area contributed by atoms with Crippen molar-refractivity contribution in [3.05, 3.63) is 53.1 Å². The topological polar surface area (TPSA) is 83.9 Å². The van der Waals surface area contributed by atoms with Crippen LogP contribution in [0.5, 0.6) is 5.75 Å². The summed E-state index contributed by atoms with van der Waals surface area (Å²) >= 11 is 1.16. The zero-order chi connectivity index (χ0) is 25.3. The van der Waals surface area contributed by atoms with Gasteiger partial charge in [0.2, 0.25) is 10.0 Å². The molecule has 0 aromatic heterocycles. The van der Waals surface area contributed by atoms with Crippen LogP contribution >= 0.6 is 11.8 Å². The van der Waals surface area contributed by atoms with E-state index in [-0.39, 0.29) is 10.1 Å². The first-order valence-corrected chi connectivity index (χ1v) is 13.0. The Morgan fingerprint density at radius 1 is 1.26 bits per heavy atom. The van der Waals surface area contributed by atoms with Gasteiger partial charge in [0, 0.05) is 17.2 Å². The summed E-state index contributed by atoms with van der Waals surface area (Å²) in [5, 5.41) is 8.88. The fourth-order valence-corrected chi connectivity index (χ4v) is 6.45. The van der Waals surface area contributed by atoms with E-state index in [1.807, 2.05) is 13.8 Å². The third kappa shape index (κ3) is 5.87. The minimum atomic E-state index is -4.69. The van der Waals surface area contributed by atoms with E-state index in [4.69, 9.17) is 9.84 Å². The van der Waals surface area contributed by atoms with Crippen LogP contribution in [0.1, 0.15) is 49.4 Å². The number of carbonyl (C=O) groups is 1. The number of benzene rings is 2. The molecule has 1 atom stereocenters. The Morgan fingerprint density at radius 2 is 1.97 bits per heavy atom. The first-order chi connectivity index (χ1) is 15.8. The van der Waals surface area contributed by atoms with E-state index < -0.39 is 45.3 Å². The van der Waals surface area contributed by atoms with Gasteiger partial charge in [-0.3, -0.25) is 0 Å². The maximum atomic E-state index is 13.5. The molecule has 1 aliphatic rings. The Kier molecular flexibility index (Phi) is 7.89. The molecule has 6 nitrogen and oxygen atoms in total. The van der Waals surface area contributed by atoms with Crippen molar-refractivity contribution in [1.82, 2.24) is 4.31 Å².